The van der Waals surface area contributed by atoms with E-state index in [0.717, 1.165) is 35.1 Å². The van der Waals surface area contributed by atoms with Crippen molar-refractivity contribution in [3.05, 3.63) is 53.6 Å². The summed E-state index contributed by atoms with van der Waals surface area (Å²) in [4.78, 5) is 15.9. The van der Waals surface area contributed by atoms with Crippen LogP contribution in [-0.2, 0) is 11.2 Å². The minimum absolute atomic E-state index is 0.117. The van der Waals surface area contributed by atoms with E-state index in [0.29, 0.717) is 17.3 Å². The summed E-state index contributed by atoms with van der Waals surface area (Å²) in [6.45, 7) is 8.22. The number of rotatable bonds is 6. The molecule has 0 saturated heterocycles. The Bertz CT molecular complexity index is 1150. The zero-order valence-corrected chi connectivity index (χ0v) is 16.1. The Morgan fingerprint density at radius 3 is 2.63 bits per heavy atom. The molecule has 27 heavy (non-hydrogen) atoms. The Hall–Kier alpha value is -2.86. The average molecular weight is 385 g/mol. The smallest absolute Gasteiger partial charge is 0.250 e. The van der Waals surface area contributed by atoms with E-state index < -0.39 is 0 Å². The molecular formula is C20H21ClN4O2. The maximum Gasteiger partial charge on any atom is 0.250 e. The molecule has 6 nitrogen and oxygen atoms in total. The Balaban J connectivity index is 1.82. The number of benzene rings is 2. The second-order valence-corrected chi connectivity index (χ2v) is 6.95. The standard InChI is InChI=1S/C20H21ClN4O2/c1-4-9-22(20(27)6-3)16-12-19(26)18(10-13(16)5-2)25-23-15-8-7-14(21)11-17(15)24(23)25/h6-8,10-12,26H,3-5,9H2,1-2H3. The van der Waals surface area contributed by atoms with Crippen LogP contribution in [0, 0.1) is 0 Å². The van der Waals surface area contributed by atoms with E-state index >= 15 is 0 Å². The molecule has 0 bridgehead atoms. The van der Waals surface area contributed by atoms with Gasteiger partial charge >= 0.3 is 0 Å². The predicted octanol–water partition coefficient (Wildman–Crippen LogP) is 4.27. The number of aromatic nitrogens is 3. The SMILES string of the molecule is C=CC(=O)N(CCC)c1cc(O)c(-n2n3c4ccc(Cl)cc4n23)cc1CC. The van der Waals surface area contributed by atoms with Crippen LogP contribution in [0.5, 0.6) is 5.75 Å². The molecule has 140 valence electrons. The molecule has 1 amide bonds. The minimum atomic E-state index is -0.167. The fraction of sp³-hybridized carbons (Fsp3) is 0.250. The first-order chi connectivity index (χ1) is 13.0. The van der Waals surface area contributed by atoms with Crippen molar-refractivity contribution in [3.63, 3.8) is 0 Å². The highest BCUT2D eigenvalue weighted by atomic mass is 35.5. The van der Waals surface area contributed by atoms with Gasteiger partial charge in [0.15, 0.2) is 0 Å². The molecule has 0 radical (unpaired) electrons. The third-order valence-corrected chi connectivity index (χ3v) is 5.06. The number of nitrogens with zero attached hydrogens (tertiary/aromatic N) is 4. The van der Waals surface area contributed by atoms with Crippen molar-refractivity contribution >= 4 is 34.2 Å². The number of aromatic hydroxyl groups is 1. The molecular weight excluding hydrogens is 364 g/mol. The molecule has 2 heterocycles. The zero-order valence-electron chi connectivity index (χ0n) is 15.3. The van der Waals surface area contributed by atoms with Gasteiger partial charge in [-0.2, -0.15) is 0 Å². The lowest BCUT2D eigenvalue weighted by Crippen LogP contribution is -2.30. The molecule has 4 aromatic rings. The summed E-state index contributed by atoms with van der Waals surface area (Å²) in [5.41, 5.74) is 4.42. The van der Waals surface area contributed by atoms with Gasteiger partial charge in [-0.25, -0.2) is 0 Å². The van der Waals surface area contributed by atoms with Crippen molar-refractivity contribution in [1.29, 1.82) is 0 Å². The van der Waals surface area contributed by atoms with Crippen LogP contribution >= 0.6 is 11.6 Å². The van der Waals surface area contributed by atoms with Crippen LogP contribution in [0.1, 0.15) is 25.8 Å². The molecule has 0 aliphatic rings. The summed E-state index contributed by atoms with van der Waals surface area (Å²) in [6.07, 6.45) is 2.86. The molecule has 2 aromatic carbocycles. The summed E-state index contributed by atoms with van der Waals surface area (Å²) in [6, 6.07) is 9.29. The van der Waals surface area contributed by atoms with Gasteiger partial charge in [-0.15, -0.1) is 14.1 Å². The lowest BCUT2D eigenvalue weighted by molar-refractivity contribution is -0.114. The molecule has 0 aliphatic heterocycles. The topological polar surface area (TPSA) is 54.3 Å². The van der Waals surface area contributed by atoms with Crippen molar-refractivity contribution in [2.75, 3.05) is 11.4 Å². The number of phenols is 1. The lowest BCUT2D eigenvalue weighted by Gasteiger charge is -2.24. The molecule has 7 heteroatoms. The summed E-state index contributed by atoms with van der Waals surface area (Å²) in [5.74, 6) is -0.0494. The van der Waals surface area contributed by atoms with Gasteiger partial charge in [-0.3, -0.25) is 4.79 Å². The largest absolute Gasteiger partial charge is 0.506 e. The molecule has 0 atom stereocenters. The molecule has 2 aromatic heterocycles. The van der Waals surface area contributed by atoms with Crippen LogP contribution in [0.3, 0.4) is 0 Å². The van der Waals surface area contributed by atoms with E-state index in [4.69, 9.17) is 11.6 Å². The molecule has 0 fully saturated rings. The number of phenolic OH excluding ortho intramolecular Hbond substituents is 1. The van der Waals surface area contributed by atoms with Crippen molar-refractivity contribution in [1.82, 2.24) is 14.1 Å². The van der Waals surface area contributed by atoms with E-state index in [1.807, 2.05) is 52.2 Å². The quantitative estimate of drug-likeness (QED) is 0.505. The van der Waals surface area contributed by atoms with E-state index in [1.165, 1.54) is 6.08 Å². The van der Waals surface area contributed by atoms with Crippen LogP contribution < -0.4 is 4.90 Å². The number of hydrogen-bond donors (Lipinski definition) is 1. The van der Waals surface area contributed by atoms with Gasteiger partial charge < -0.3 is 10.0 Å². The second kappa shape index (κ2) is 6.39. The maximum absolute atomic E-state index is 12.3. The first kappa shape index (κ1) is 17.5. The van der Waals surface area contributed by atoms with Crippen molar-refractivity contribution in [3.8, 4) is 11.4 Å². The molecule has 1 N–H and O–H groups in total. The highest BCUT2D eigenvalue weighted by Crippen LogP contribution is 2.36. The predicted molar refractivity (Wildman–Crippen MR) is 108 cm³/mol. The normalized spacial score (nSPS) is 11.7. The van der Waals surface area contributed by atoms with E-state index in [2.05, 4.69) is 6.58 Å². The van der Waals surface area contributed by atoms with Crippen molar-refractivity contribution in [2.24, 2.45) is 0 Å². The second-order valence-electron chi connectivity index (χ2n) is 6.52. The zero-order chi connectivity index (χ0) is 19.3. The average Bonchev–Trinajstić information content (AvgIpc) is 3.32. The van der Waals surface area contributed by atoms with E-state index in [-0.39, 0.29) is 11.7 Å². The van der Waals surface area contributed by atoms with Crippen LogP contribution in [-0.4, -0.2) is 31.6 Å². The van der Waals surface area contributed by atoms with Gasteiger partial charge in [0.1, 0.15) is 22.5 Å². The Morgan fingerprint density at radius 1 is 1.22 bits per heavy atom. The van der Waals surface area contributed by atoms with Crippen LogP contribution in [0.2, 0.25) is 5.02 Å². The number of carbonyl (C=O) groups is 1. The molecule has 0 aliphatic carbocycles. The fourth-order valence-electron chi connectivity index (χ4n) is 3.51. The van der Waals surface area contributed by atoms with Crippen molar-refractivity contribution in [2.45, 2.75) is 26.7 Å². The van der Waals surface area contributed by atoms with Gasteiger partial charge in [0.05, 0.1) is 5.69 Å². The van der Waals surface area contributed by atoms with Gasteiger partial charge in [0, 0.05) is 17.6 Å². The third-order valence-electron chi connectivity index (χ3n) is 4.83. The fourth-order valence-corrected chi connectivity index (χ4v) is 3.67. The maximum atomic E-state index is 12.3. The molecule has 0 spiro atoms. The third kappa shape index (κ3) is 2.59. The summed E-state index contributed by atoms with van der Waals surface area (Å²) in [5, 5.41) is 11.4. The Labute approximate surface area is 161 Å². The first-order valence-corrected chi connectivity index (χ1v) is 9.39. The molecule has 0 saturated carbocycles. The lowest BCUT2D eigenvalue weighted by atomic mass is 10.1. The van der Waals surface area contributed by atoms with Gasteiger partial charge in [-0.1, -0.05) is 32.0 Å². The van der Waals surface area contributed by atoms with Gasteiger partial charge in [-0.05, 0) is 48.7 Å². The summed E-state index contributed by atoms with van der Waals surface area (Å²) < 4.78 is 3.90. The van der Waals surface area contributed by atoms with E-state index in [9.17, 15) is 9.90 Å². The molecule has 4 rings (SSSR count). The monoisotopic (exact) mass is 384 g/mol. The highest BCUT2D eigenvalue weighted by molar-refractivity contribution is 6.31. The highest BCUT2D eigenvalue weighted by Gasteiger charge is 2.27. The number of hydrogen-bond acceptors (Lipinski definition) is 2. The van der Waals surface area contributed by atoms with Crippen LogP contribution in [0.15, 0.2) is 43.0 Å². The van der Waals surface area contributed by atoms with Gasteiger partial charge in [0.2, 0.25) is 5.91 Å². The van der Waals surface area contributed by atoms with Crippen LogP contribution in [0.4, 0.5) is 5.69 Å². The minimum Gasteiger partial charge on any atom is -0.506 e. The Morgan fingerprint density at radius 2 is 1.96 bits per heavy atom. The van der Waals surface area contributed by atoms with Gasteiger partial charge in [0.25, 0.3) is 0 Å². The summed E-state index contributed by atoms with van der Waals surface area (Å²) >= 11 is 6.08. The number of carbonyl (C=O) groups excluding carboxylic acids is 1. The van der Waals surface area contributed by atoms with Crippen molar-refractivity contribution < 1.29 is 9.90 Å². The number of halogens is 1. The first-order valence-electron chi connectivity index (χ1n) is 9.01. The summed E-state index contributed by atoms with van der Waals surface area (Å²) in [7, 11) is 0. The molecule has 0 unspecified atom stereocenters. The number of amides is 1. The number of aryl methyl sites for hydroxylation is 1. The van der Waals surface area contributed by atoms with E-state index in [1.54, 1.807) is 11.0 Å². The number of anilines is 1. The van der Waals surface area contributed by atoms with Crippen LogP contribution in [0.25, 0.3) is 16.7 Å². The Kier molecular flexibility index (Phi) is 4.15. The number of fused-ring (bicyclic) bond motifs is 4.